The first-order valence-corrected chi connectivity index (χ1v) is 7.85. The number of aliphatic hydroxyl groups is 1. The van der Waals surface area contributed by atoms with Gasteiger partial charge in [0, 0.05) is 12.6 Å². The van der Waals surface area contributed by atoms with Crippen molar-refractivity contribution in [3.8, 4) is 0 Å². The van der Waals surface area contributed by atoms with Gasteiger partial charge < -0.3 is 10.8 Å². The van der Waals surface area contributed by atoms with Crippen molar-refractivity contribution in [3.05, 3.63) is 0 Å². The quantitative estimate of drug-likeness (QED) is 0.790. The summed E-state index contributed by atoms with van der Waals surface area (Å²) in [7, 11) is 0. The molecule has 0 aliphatic heterocycles. The third kappa shape index (κ3) is 3.25. The van der Waals surface area contributed by atoms with Gasteiger partial charge in [0.05, 0.1) is 5.60 Å². The van der Waals surface area contributed by atoms with Crippen molar-refractivity contribution in [3.63, 3.8) is 0 Å². The van der Waals surface area contributed by atoms with E-state index in [0.717, 1.165) is 32.5 Å². The average molecular weight is 254 g/mol. The molecule has 2 rings (SSSR count). The highest BCUT2D eigenvalue weighted by molar-refractivity contribution is 4.91. The van der Waals surface area contributed by atoms with Crippen molar-refractivity contribution in [1.82, 2.24) is 4.90 Å². The largest absolute Gasteiger partial charge is 0.389 e. The monoisotopic (exact) mass is 254 g/mol. The molecule has 0 saturated heterocycles. The Morgan fingerprint density at radius 1 is 1.17 bits per heavy atom. The molecule has 0 bridgehead atoms. The Bertz CT molecular complexity index is 251. The van der Waals surface area contributed by atoms with Crippen LogP contribution in [-0.2, 0) is 0 Å². The summed E-state index contributed by atoms with van der Waals surface area (Å²) < 4.78 is 0. The van der Waals surface area contributed by atoms with E-state index in [1.54, 1.807) is 0 Å². The van der Waals surface area contributed by atoms with Crippen LogP contribution >= 0.6 is 0 Å². The van der Waals surface area contributed by atoms with Crippen LogP contribution in [0.15, 0.2) is 0 Å². The van der Waals surface area contributed by atoms with Gasteiger partial charge in [-0.05, 0) is 44.7 Å². The Hall–Kier alpha value is -0.120. The van der Waals surface area contributed by atoms with Crippen LogP contribution in [-0.4, -0.2) is 41.3 Å². The number of hydrogen-bond acceptors (Lipinski definition) is 3. The maximum atomic E-state index is 10.6. The molecule has 2 atom stereocenters. The Labute approximate surface area is 112 Å². The zero-order chi connectivity index (χ0) is 13.0. The van der Waals surface area contributed by atoms with E-state index in [-0.39, 0.29) is 0 Å². The zero-order valence-electron chi connectivity index (χ0n) is 11.9. The van der Waals surface area contributed by atoms with Crippen LogP contribution in [0.2, 0.25) is 0 Å². The number of likely N-dealkylation sites (N-methyl/N-ethyl adjacent to an activating group) is 1. The molecule has 0 amide bonds. The number of nitrogens with zero attached hydrogens (tertiary/aromatic N) is 1. The van der Waals surface area contributed by atoms with Gasteiger partial charge in [0.15, 0.2) is 0 Å². The smallest absolute Gasteiger partial charge is 0.0774 e. The number of nitrogens with two attached hydrogens (primary N) is 1. The molecule has 0 aromatic rings. The van der Waals surface area contributed by atoms with E-state index < -0.39 is 5.60 Å². The van der Waals surface area contributed by atoms with Crippen LogP contribution < -0.4 is 5.73 Å². The van der Waals surface area contributed by atoms with E-state index in [9.17, 15) is 5.11 Å². The molecule has 2 saturated carbocycles. The highest BCUT2D eigenvalue weighted by Crippen LogP contribution is 2.33. The lowest BCUT2D eigenvalue weighted by atomic mass is 9.83. The second kappa shape index (κ2) is 6.36. The molecule has 2 aliphatic rings. The van der Waals surface area contributed by atoms with Crippen molar-refractivity contribution in [2.75, 3.05) is 19.6 Å². The summed E-state index contributed by atoms with van der Waals surface area (Å²) in [5, 5.41) is 10.6. The predicted molar refractivity (Wildman–Crippen MR) is 75.5 cm³/mol. The average Bonchev–Trinajstić information content (AvgIpc) is 2.83. The van der Waals surface area contributed by atoms with Crippen molar-refractivity contribution >= 4 is 0 Å². The van der Waals surface area contributed by atoms with Gasteiger partial charge in [0.1, 0.15) is 0 Å². The lowest BCUT2D eigenvalue weighted by molar-refractivity contribution is -0.0165. The van der Waals surface area contributed by atoms with Crippen LogP contribution in [0, 0.1) is 5.92 Å². The molecule has 0 aromatic carbocycles. The Kier molecular flexibility index (Phi) is 5.05. The first kappa shape index (κ1) is 14.3. The summed E-state index contributed by atoms with van der Waals surface area (Å²) in [5.74, 6) is 0.642. The van der Waals surface area contributed by atoms with Crippen molar-refractivity contribution in [2.45, 2.75) is 69.9 Å². The molecule has 106 valence electrons. The molecular weight excluding hydrogens is 224 g/mol. The topological polar surface area (TPSA) is 49.5 Å². The summed E-state index contributed by atoms with van der Waals surface area (Å²) in [6, 6.07) is 0.610. The fourth-order valence-electron chi connectivity index (χ4n) is 3.98. The molecule has 2 unspecified atom stereocenters. The SMILES string of the molecule is CCN(CC1(O)CCCC1)C1CCCCC1CN. The first-order valence-electron chi connectivity index (χ1n) is 7.85. The van der Waals surface area contributed by atoms with Gasteiger partial charge in [-0.15, -0.1) is 0 Å². The van der Waals surface area contributed by atoms with Crippen LogP contribution in [0.4, 0.5) is 0 Å². The summed E-state index contributed by atoms with van der Waals surface area (Å²) >= 11 is 0. The Morgan fingerprint density at radius 2 is 1.83 bits per heavy atom. The van der Waals surface area contributed by atoms with Gasteiger partial charge in [0.25, 0.3) is 0 Å². The van der Waals surface area contributed by atoms with Crippen molar-refractivity contribution in [1.29, 1.82) is 0 Å². The van der Waals surface area contributed by atoms with Crippen LogP contribution in [0.1, 0.15) is 58.3 Å². The summed E-state index contributed by atoms with van der Waals surface area (Å²) in [6.07, 6.45) is 9.57. The lowest BCUT2D eigenvalue weighted by Crippen LogP contribution is -2.51. The highest BCUT2D eigenvalue weighted by Gasteiger charge is 2.36. The van der Waals surface area contributed by atoms with Crippen LogP contribution in [0.3, 0.4) is 0 Å². The highest BCUT2D eigenvalue weighted by atomic mass is 16.3. The van der Waals surface area contributed by atoms with E-state index in [1.807, 2.05) is 0 Å². The molecular formula is C15H30N2O. The Balaban J connectivity index is 1.97. The number of hydrogen-bond donors (Lipinski definition) is 2. The van der Waals surface area contributed by atoms with Gasteiger partial charge in [-0.1, -0.05) is 32.6 Å². The Morgan fingerprint density at radius 3 is 2.44 bits per heavy atom. The molecule has 0 spiro atoms. The standard InChI is InChI=1S/C15H30N2O/c1-2-17(12-15(18)9-5-6-10-15)14-8-4-3-7-13(14)11-16/h13-14,18H,2-12,16H2,1H3. The third-order valence-electron chi connectivity index (χ3n) is 5.08. The van der Waals surface area contributed by atoms with Gasteiger partial charge in [-0.3, -0.25) is 4.90 Å². The van der Waals surface area contributed by atoms with Gasteiger partial charge in [-0.25, -0.2) is 0 Å². The van der Waals surface area contributed by atoms with Crippen molar-refractivity contribution < 1.29 is 5.11 Å². The van der Waals surface area contributed by atoms with E-state index in [1.165, 1.54) is 38.5 Å². The van der Waals surface area contributed by atoms with Crippen LogP contribution in [0.5, 0.6) is 0 Å². The third-order valence-corrected chi connectivity index (χ3v) is 5.08. The molecule has 2 aliphatic carbocycles. The minimum absolute atomic E-state index is 0.410. The zero-order valence-corrected chi connectivity index (χ0v) is 11.9. The fraction of sp³-hybridized carbons (Fsp3) is 1.00. The lowest BCUT2D eigenvalue weighted by Gasteiger charge is -2.42. The van der Waals surface area contributed by atoms with Crippen molar-refractivity contribution in [2.24, 2.45) is 11.7 Å². The second-order valence-corrected chi connectivity index (χ2v) is 6.34. The van der Waals surface area contributed by atoms with Gasteiger partial charge in [0.2, 0.25) is 0 Å². The normalized spacial score (nSPS) is 32.0. The van der Waals surface area contributed by atoms with Crippen LogP contribution in [0.25, 0.3) is 0 Å². The molecule has 3 N–H and O–H groups in total. The van der Waals surface area contributed by atoms with E-state index in [0.29, 0.717) is 12.0 Å². The predicted octanol–water partition coefficient (Wildman–Crippen LogP) is 2.13. The molecule has 2 fully saturated rings. The van der Waals surface area contributed by atoms with E-state index in [2.05, 4.69) is 11.8 Å². The molecule has 0 heterocycles. The molecule has 18 heavy (non-hydrogen) atoms. The van der Waals surface area contributed by atoms with E-state index >= 15 is 0 Å². The minimum atomic E-state index is -0.410. The molecule has 3 heteroatoms. The molecule has 0 aromatic heterocycles. The maximum Gasteiger partial charge on any atom is 0.0774 e. The molecule has 3 nitrogen and oxygen atoms in total. The molecule has 0 radical (unpaired) electrons. The second-order valence-electron chi connectivity index (χ2n) is 6.34. The van der Waals surface area contributed by atoms with Gasteiger partial charge >= 0.3 is 0 Å². The fourth-order valence-corrected chi connectivity index (χ4v) is 3.98. The van der Waals surface area contributed by atoms with E-state index in [4.69, 9.17) is 5.73 Å². The minimum Gasteiger partial charge on any atom is -0.389 e. The first-order chi connectivity index (χ1) is 8.68. The maximum absolute atomic E-state index is 10.6. The summed E-state index contributed by atoms with van der Waals surface area (Å²) in [5.41, 5.74) is 5.53. The summed E-state index contributed by atoms with van der Waals surface area (Å²) in [6.45, 7) is 4.94. The van der Waals surface area contributed by atoms with Gasteiger partial charge in [-0.2, -0.15) is 0 Å². The summed E-state index contributed by atoms with van der Waals surface area (Å²) in [4.78, 5) is 2.52. The number of rotatable bonds is 5.